The summed E-state index contributed by atoms with van der Waals surface area (Å²) in [7, 11) is 0. The highest BCUT2D eigenvalue weighted by molar-refractivity contribution is 5.40. The summed E-state index contributed by atoms with van der Waals surface area (Å²) in [5, 5.41) is 0. The Labute approximate surface area is 119 Å². The van der Waals surface area contributed by atoms with Crippen molar-refractivity contribution < 1.29 is 9.13 Å². The van der Waals surface area contributed by atoms with Crippen LogP contribution in [0.25, 0.3) is 0 Å². The smallest absolute Gasteiger partial charge is 0.133 e. The first-order chi connectivity index (χ1) is 9.45. The number of rotatable bonds is 4. The topological polar surface area (TPSA) is 35.2 Å². The number of aryl methyl sites for hydroxylation is 2. The largest absolute Gasteiger partial charge is 0.457 e. The molecule has 1 unspecified atom stereocenters. The van der Waals surface area contributed by atoms with Crippen LogP contribution in [0.1, 0.15) is 23.6 Å². The summed E-state index contributed by atoms with van der Waals surface area (Å²) in [4.78, 5) is 0. The number of ether oxygens (including phenoxy) is 1. The van der Waals surface area contributed by atoms with Crippen LogP contribution < -0.4 is 10.5 Å². The van der Waals surface area contributed by atoms with Gasteiger partial charge in [0.1, 0.15) is 17.3 Å². The van der Waals surface area contributed by atoms with Gasteiger partial charge >= 0.3 is 0 Å². The molecule has 0 saturated heterocycles. The molecule has 0 aliphatic rings. The molecule has 20 heavy (non-hydrogen) atoms. The van der Waals surface area contributed by atoms with Crippen LogP contribution in [0.4, 0.5) is 4.39 Å². The SMILES string of the molecule is Cc1cc(Oc2cc(F)ccc2C)ccc1CC(C)N. The lowest BCUT2D eigenvalue weighted by atomic mass is 10.0. The summed E-state index contributed by atoms with van der Waals surface area (Å²) in [6, 6.07) is 10.5. The molecule has 106 valence electrons. The average molecular weight is 273 g/mol. The van der Waals surface area contributed by atoms with Crippen molar-refractivity contribution >= 4 is 0 Å². The van der Waals surface area contributed by atoms with Crippen LogP contribution in [0, 0.1) is 19.7 Å². The lowest BCUT2D eigenvalue weighted by Gasteiger charge is -2.13. The Morgan fingerprint density at radius 3 is 2.50 bits per heavy atom. The number of benzene rings is 2. The molecule has 0 fully saturated rings. The summed E-state index contributed by atoms with van der Waals surface area (Å²) in [5.74, 6) is 0.963. The summed E-state index contributed by atoms with van der Waals surface area (Å²) < 4.78 is 19.0. The molecule has 2 rings (SSSR count). The highest BCUT2D eigenvalue weighted by Crippen LogP contribution is 2.27. The van der Waals surface area contributed by atoms with E-state index in [1.807, 2.05) is 39.0 Å². The average Bonchev–Trinajstić information content (AvgIpc) is 2.37. The van der Waals surface area contributed by atoms with Crippen LogP contribution in [0.5, 0.6) is 11.5 Å². The number of nitrogens with two attached hydrogens (primary N) is 1. The molecule has 2 N–H and O–H groups in total. The van der Waals surface area contributed by atoms with Gasteiger partial charge in [0.2, 0.25) is 0 Å². The quantitative estimate of drug-likeness (QED) is 0.909. The van der Waals surface area contributed by atoms with Crippen molar-refractivity contribution in [2.45, 2.75) is 33.2 Å². The molecule has 0 radical (unpaired) electrons. The van der Waals surface area contributed by atoms with Crippen molar-refractivity contribution in [3.63, 3.8) is 0 Å². The van der Waals surface area contributed by atoms with E-state index in [1.54, 1.807) is 6.07 Å². The van der Waals surface area contributed by atoms with Gasteiger partial charge in [-0.05, 0) is 62.1 Å². The zero-order valence-electron chi connectivity index (χ0n) is 12.1. The fraction of sp³-hybridized carbons (Fsp3) is 0.294. The Kier molecular flexibility index (Phi) is 4.40. The van der Waals surface area contributed by atoms with Gasteiger partial charge in [-0.1, -0.05) is 12.1 Å². The lowest BCUT2D eigenvalue weighted by molar-refractivity contribution is 0.472. The normalized spacial score (nSPS) is 12.2. The molecule has 0 aliphatic heterocycles. The summed E-state index contributed by atoms with van der Waals surface area (Å²) in [6.45, 7) is 5.91. The maximum Gasteiger partial charge on any atom is 0.133 e. The van der Waals surface area contributed by atoms with E-state index in [1.165, 1.54) is 17.7 Å². The highest BCUT2D eigenvalue weighted by atomic mass is 19.1. The minimum atomic E-state index is -0.295. The fourth-order valence-corrected chi connectivity index (χ4v) is 2.12. The molecule has 2 aromatic carbocycles. The van der Waals surface area contributed by atoms with Crippen LogP contribution in [0.15, 0.2) is 36.4 Å². The van der Waals surface area contributed by atoms with Crippen LogP contribution in [0.2, 0.25) is 0 Å². The van der Waals surface area contributed by atoms with E-state index in [4.69, 9.17) is 10.5 Å². The third kappa shape index (κ3) is 3.58. The van der Waals surface area contributed by atoms with Gasteiger partial charge in [-0.15, -0.1) is 0 Å². The van der Waals surface area contributed by atoms with Gasteiger partial charge < -0.3 is 10.5 Å². The van der Waals surface area contributed by atoms with Gasteiger partial charge in [-0.3, -0.25) is 0 Å². The first-order valence-electron chi connectivity index (χ1n) is 6.75. The Balaban J connectivity index is 2.22. The van der Waals surface area contributed by atoms with E-state index >= 15 is 0 Å². The zero-order valence-corrected chi connectivity index (χ0v) is 12.1. The standard InChI is InChI=1S/C17H20FNO/c1-11-4-6-15(18)10-17(11)20-16-7-5-14(9-13(3)19)12(2)8-16/h4-8,10,13H,9,19H2,1-3H3. The third-order valence-electron chi connectivity index (χ3n) is 3.23. The zero-order chi connectivity index (χ0) is 14.7. The van der Waals surface area contributed by atoms with Gasteiger partial charge in [0.25, 0.3) is 0 Å². The summed E-state index contributed by atoms with van der Waals surface area (Å²) >= 11 is 0. The second-order valence-electron chi connectivity index (χ2n) is 5.28. The molecule has 0 saturated carbocycles. The van der Waals surface area contributed by atoms with Gasteiger partial charge in [0.05, 0.1) is 0 Å². The van der Waals surface area contributed by atoms with Crippen molar-refractivity contribution in [1.82, 2.24) is 0 Å². The second-order valence-corrected chi connectivity index (χ2v) is 5.28. The van der Waals surface area contributed by atoms with E-state index in [0.29, 0.717) is 11.5 Å². The molecule has 0 heterocycles. The Morgan fingerprint density at radius 1 is 1.10 bits per heavy atom. The van der Waals surface area contributed by atoms with E-state index in [0.717, 1.165) is 17.5 Å². The van der Waals surface area contributed by atoms with Crippen molar-refractivity contribution in [3.05, 3.63) is 58.9 Å². The van der Waals surface area contributed by atoms with E-state index in [-0.39, 0.29) is 11.9 Å². The van der Waals surface area contributed by atoms with Gasteiger partial charge in [-0.2, -0.15) is 0 Å². The van der Waals surface area contributed by atoms with Crippen LogP contribution in [-0.4, -0.2) is 6.04 Å². The third-order valence-corrected chi connectivity index (χ3v) is 3.23. The Bertz CT molecular complexity index is 608. The fourth-order valence-electron chi connectivity index (χ4n) is 2.12. The number of hydrogen-bond donors (Lipinski definition) is 1. The second kappa shape index (κ2) is 6.06. The molecule has 0 spiro atoms. The Hall–Kier alpha value is -1.87. The monoisotopic (exact) mass is 273 g/mol. The molecule has 3 heteroatoms. The molecule has 2 aromatic rings. The van der Waals surface area contributed by atoms with E-state index in [2.05, 4.69) is 0 Å². The summed E-state index contributed by atoms with van der Waals surface area (Å²) in [6.07, 6.45) is 0.838. The van der Waals surface area contributed by atoms with Crippen LogP contribution in [-0.2, 0) is 6.42 Å². The Morgan fingerprint density at radius 2 is 1.85 bits per heavy atom. The van der Waals surface area contributed by atoms with Crippen LogP contribution >= 0.6 is 0 Å². The maximum atomic E-state index is 13.2. The van der Waals surface area contributed by atoms with Crippen molar-refractivity contribution in [2.75, 3.05) is 0 Å². The number of hydrogen-bond acceptors (Lipinski definition) is 2. The van der Waals surface area contributed by atoms with Gasteiger partial charge in [0, 0.05) is 12.1 Å². The minimum Gasteiger partial charge on any atom is -0.457 e. The first-order valence-corrected chi connectivity index (χ1v) is 6.75. The molecule has 0 aromatic heterocycles. The highest BCUT2D eigenvalue weighted by Gasteiger charge is 2.06. The molecule has 0 aliphatic carbocycles. The van der Waals surface area contributed by atoms with Crippen molar-refractivity contribution in [1.29, 1.82) is 0 Å². The molecule has 2 nitrogen and oxygen atoms in total. The van der Waals surface area contributed by atoms with E-state index in [9.17, 15) is 4.39 Å². The molecule has 0 amide bonds. The van der Waals surface area contributed by atoms with Gasteiger partial charge in [-0.25, -0.2) is 4.39 Å². The predicted molar refractivity (Wildman–Crippen MR) is 79.7 cm³/mol. The minimum absolute atomic E-state index is 0.130. The van der Waals surface area contributed by atoms with E-state index < -0.39 is 0 Å². The summed E-state index contributed by atoms with van der Waals surface area (Å²) in [5.41, 5.74) is 9.07. The molecular weight excluding hydrogens is 253 g/mol. The van der Waals surface area contributed by atoms with Crippen LogP contribution in [0.3, 0.4) is 0 Å². The van der Waals surface area contributed by atoms with Crippen molar-refractivity contribution in [2.24, 2.45) is 5.73 Å². The first kappa shape index (κ1) is 14.5. The number of halogens is 1. The van der Waals surface area contributed by atoms with Gasteiger partial charge in [0.15, 0.2) is 0 Å². The molecule has 1 atom stereocenters. The predicted octanol–water partition coefficient (Wildman–Crippen LogP) is 4.12. The molecular formula is C17H20FNO. The maximum absolute atomic E-state index is 13.2. The van der Waals surface area contributed by atoms with Crippen molar-refractivity contribution in [3.8, 4) is 11.5 Å². The molecule has 0 bridgehead atoms. The lowest BCUT2D eigenvalue weighted by Crippen LogP contribution is -2.18.